The minimum atomic E-state index is -0.281. The molecule has 0 unspecified atom stereocenters. The largest absolute Gasteiger partial charge is 0.481 e. The number of aliphatic hydroxyl groups is 1. The normalized spacial score (nSPS) is 16.8. The summed E-state index contributed by atoms with van der Waals surface area (Å²) in [6.45, 7) is 1.50. The molecule has 2 N–H and O–H groups in total. The number of amides is 2. The molecule has 0 saturated heterocycles. The van der Waals surface area contributed by atoms with Gasteiger partial charge in [-0.25, -0.2) is 9.89 Å². The van der Waals surface area contributed by atoms with Crippen LogP contribution in [0.15, 0.2) is 47.5 Å². The average molecular weight is 259 g/mol. The van der Waals surface area contributed by atoms with E-state index in [1.807, 2.05) is 6.07 Å². The summed E-state index contributed by atoms with van der Waals surface area (Å²) in [4.78, 5) is 27.1. The first-order valence-corrected chi connectivity index (χ1v) is 5.77. The van der Waals surface area contributed by atoms with Crippen molar-refractivity contribution in [3.8, 4) is 0 Å². The SMILES string of the molecule is O=C1C=CC(=O)N1c1ccccc1.OC1=NCCN1. The van der Waals surface area contributed by atoms with Crippen molar-refractivity contribution in [3.05, 3.63) is 42.5 Å². The number of anilines is 1. The van der Waals surface area contributed by atoms with Crippen LogP contribution in [0.2, 0.25) is 0 Å². The number of hydrogen-bond acceptors (Lipinski definition) is 4. The van der Waals surface area contributed by atoms with E-state index in [2.05, 4.69) is 10.3 Å². The van der Waals surface area contributed by atoms with E-state index in [4.69, 9.17) is 5.11 Å². The summed E-state index contributed by atoms with van der Waals surface area (Å²) in [5.41, 5.74) is 0.613. The number of amidine groups is 1. The van der Waals surface area contributed by atoms with Crippen LogP contribution in [0.5, 0.6) is 0 Å². The van der Waals surface area contributed by atoms with Crippen molar-refractivity contribution in [2.75, 3.05) is 18.0 Å². The van der Waals surface area contributed by atoms with Crippen LogP contribution in [0, 0.1) is 0 Å². The second-order valence-corrected chi connectivity index (χ2v) is 3.81. The van der Waals surface area contributed by atoms with E-state index in [1.165, 1.54) is 12.2 Å². The number of carbonyl (C=O) groups is 2. The topological polar surface area (TPSA) is 82.0 Å². The molecule has 2 amide bonds. The Labute approximate surface area is 110 Å². The van der Waals surface area contributed by atoms with Crippen LogP contribution in [-0.2, 0) is 9.59 Å². The zero-order valence-electron chi connectivity index (χ0n) is 10.1. The lowest BCUT2D eigenvalue weighted by Crippen LogP contribution is -2.29. The van der Waals surface area contributed by atoms with Crippen LogP contribution >= 0.6 is 0 Å². The molecule has 19 heavy (non-hydrogen) atoms. The van der Waals surface area contributed by atoms with Crippen molar-refractivity contribution in [2.24, 2.45) is 4.99 Å². The Hall–Kier alpha value is -2.63. The van der Waals surface area contributed by atoms with E-state index in [0.29, 0.717) is 12.2 Å². The summed E-state index contributed by atoms with van der Waals surface area (Å²) in [5.74, 6) is -0.563. The lowest BCUT2D eigenvalue weighted by Gasteiger charge is -2.12. The van der Waals surface area contributed by atoms with E-state index >= 15 is 0 Å². The first kappa shape index (κ1) is 12.8. The second-order valence-electron chi connectivity index (χ2n) is 3.81. The molecule has 0 aliphatic carbocycles. The zero-order valence-corrected chi connectivity index (χ0v) is 10.1. The van der Waals surface area contributed by atoms with E-state index in [0.717, 1.165) is 11.4 Å². The van der Waals surface area contributed by atoms with Crippen LogP contribution in [0.4, 0.5) is 5.69 Å². The molecule has 1 aromatic rings. The van der Waals surface area contributed by atoms with E-state index in [1.54, 1.807) is 24.3 Å². The molecule has 1 aromatic carbocycles. The summed E-state index contributed by atoms with van der Waals surface area (Å²) in [5, 5.41) is 11.0. The maximum atomic E-state index is 11.2. The quantitative estimate of drug-likeness (QED) is 0.724. The van der Waals surface area contributed by atoms with Gasteiger partial charge < -0.3 is 10.4 Å². The van der Waals surface area contributed by atoms with Crippen molar-refractivity contribution in [2.45, 2.75) is 0 Å². The molecule has 2 heterocycles. The van der Waals surface area contributed by atoms with Gasteiger partial charge in [-0.15, -0.1) is 0 Å². The number of nitrogens with zero attached hydrogens (tertiary/aromatic N) is 2. The number of aliphatic imine (C=N–C) groups is 1. The minimum absolute atomic E-state index is 0.0787. The molecule has 6 heteroatoms. The highest BCUT2D eigenvalue weighted by atomic mass is 16.3. The van der Waals surface area contributed by atoms with Crippen LogP contribution in [-0.4, -0.2) is 36.0 Å². The highest BCUT2D eigenvalue weighted by molar-refractivity contribution is 6.28. The predicted octanol–water partition coefficient (Wildman–Crippen LogP) is 0.620. The van der Waals surface area contributed by atoms with Crippen molar-refractivity contribution in [3.63, 3.8) is 0 Å². The minimum Gasteiger partial charge on any atom is -0.481 e. The summed E-state index contributed by atoms with van der Waals surface area (Å²) in [6, 6.07) is 8.94. The van der Waals surface area contributed by atoms with Crippen LogP contribution in [0.25, 0.3) is 0 Å². The van der Waals surface area contributed by atoms with Crippen LogP contribution in [0.3, 0.4) is 0 Å². The summed E-state index contributed by atoms with van der Waals surface area (Å²) >= 11 is 0. The molecule has 0 saturated carbocycles. The van der Waals surface area contributed by atoms with Gasteiger partial charge in [0.25, 0.3) is 17.8 Å². The Morgan fingerprint density at radius 1 is 1.11 bits per heavy atom. The highest BCUT2D eigenvalue weighted by Gasteiger charge is 2.24. The summed E-state index contributed by atoms with van der Waals surface area (Å²) < 4.78 is 0. The molecular weight excluding hydrogens is 246 g/mol. The molecule has 98 valence electrons. The lowest BCUT2D eigenvalue weighted by atomic mass is 10.3. The van der Waals surface area contributed by atoms with Gasteiger partial charge in [0.1, 0.15) is 0 Å². The fraction of sp³-hybridized carbons (Fsp3) is 0.154. The van der Waals surface area contributed by atoms with Crippen molar-refractivity contribution in [1.82, 2.24) is 5.32 Å². The Balaban J connectivity index is 0.000000186. The molecule has 0 atom stereocenters. The zero-order chi connectivity index (χ0) is 13.7. The Morgan fingerprint density at radius 2 is 1.74 bits per heavy atom. The summed E-state index contributed by atoms with van der Waals surface area (Å²) in [7, 11) is 0. The smallest absolute Gasteiger partial charge is 0.282 e. The number of nitrogens with one attached hydrogen (secondary N) is 1. The molecule has 0 bridgehead atoms. The van der Waals surface area contributed by atoms with Gasteiger partial charge in [0.15, 0.2) is 0 Å². The molecule has 0 spiro atoms. The number of benzene rings is 1. The molecule has 3 rings (SSSR count). The molecule has 0 aromatic heterocycles. The second kappa shape index (κ2) is 5.81. The third-order valence-corrected chi connectivity index (χ3v) is 2.48. The Morgan fingerprint density at radius 3 is 2.16 bits per heavy atom. The summed E-state index contributed by atoms with van der Waals surface area (Å²) in [6.07, 6.45) is 2.55. The third kappa shape index (κ3) is 3.19. The molecular formula is C13H13N3O3. The van der Waals surface area contributed by atoms with Gasteiger partial charge in [0.2, 0.25) is 0 Å². The van der Waals surface area contributed by atoms with Gasteiger partial charge in [0, 0.05) is 18.7 Å². The molecule has 0 radical (unpaired) electrons. The first-order chi connectivity index (χ1) is 9.18. The maximum absolute atomic E-state index is 11.2. The first-order valence-electron chi connectivity index (χ1n) is 5.77. The van der Waals surface area contributed by atoms with Crippen molar-refractivity contribution < 1.29 is 14.7 Å². The highest BCUT2D eigenvalue weighted by Crippen LogP contribution is 2.17. The molecule has 2 aliphatic heterocycles. The van der Waals surface area contributed by atoms with E-state index in [9.17, 15) is 9.59 Å². The third-order valence-electron chi connectivity index (χ3n) is 2.48. The molecule has 2 aliphatic rings. The number of para-hydroxylation sites is 1. The fourth-order valence-corrected chi connectivity index (χ4v) is 1.62. The van der Waals surface area contributed by atoms with E-state index in [-0.39, 0.29) is 17.8 Å². The number of hydrogen-bond donors (Lipinski definition) is 2. The van der Waals surface area contributed by atoms with Gasteiger partial charge in [-0.3, -0.25) is 9.59 Å². The molecule has 6 nitrogen and oxygen atoms in total. The van der Waals surface area contributed by atoms with E-state index < -0.39 is 0 Å². The van der Waals surface area contributed by atoms with Gasteiger partial charge in [0.05, 0.1) is 12.2 Å². The Kier molecular flexibility index (Phi) is 3.92. The van der Waals surface area contributed by atoms with Crippen LogP contribution in [0.1, 0.15) is 0 Å². The fourth-order valence-electron chi connectivity index (χ4n) is 1.62. The number of aliphatic hydroxyl groups excluding tert-OH is 1. The lowest BCUT2D eigenvalue weighted by molar-refractivity contribution is -0.119. The molecule has 0 fully saturated rings. The van der Waals surface area contributed by atoms with Gasteiger partial charge in [-0.1, -0.05) is 18.2 Å². The standard InChI is InChI=1S/C10H7NO2.C3H6N2O/c12-9-6-7-10(13)11(9)8-4-2-1-3-5-8;6-3-4-1-2-5-3/h1-7H;1-2H2,(H2,4,5,6). The number of imide groups is 1. The van der Waals surface area contributed by atoms with Gasteiger partial charge >= 0.3 is 0 Å². The van der Waals surface area contributed by atoms with Crippen molar-refractivity contribution >= 4 is 23.5 Å². The monoisotopic (exact) mass is 259 g/mol. The number of carbonyl (C=O) groups excluding carboxylic acids is 2. The Bertz CT molecular complexity index is 519. The number of rotatable bonds is 1. The van der Waals surface area contributed by atoms with Crippen LogP contribution < -0.4 is 10.2 Å². The van der Waals surface area contributed by atoms with Gasteiger partial charge in [-0.2, -0.15) is 0 Å². The average Bonchev–Trinajstić information content (AvgIpc) is 3.01. The maximum Gasteiger partial charge on any atom is 0.282 e. The predicted molar refractivity (Wildman–Crippen MR) is 71.0 cm³/mol. The van der Waals surface area contributed by atoms with Gasteiger partial charge in [-0.05, 0) is 12.1 Å². The van der Waals surface area contributed by atoms with Crippen molar-refractivity contribution in [1.29, 1.82) is 0 Å².